The topological polar surface area (TPSA) is 101 Å². The summed E-state index contributed by atoms with van der Waals surface area (Å²) in [6.07, 6.45) is 2.55. The van der Waals surface area contributed by atoms with Crippen molar-refractivity contribution in [3.63, 3.8) is 0 Å². The van der Waals surface area contributed by atoms with E-state index < -0.39 is 17.6 Å². The molecule has 1 saturated heterocycles. The largest absolute Gasteiger partial charge is 0.480 e. The van der Waals surface area contributed by atoms with E-state index in [4.69, 9.17) is 8.83 Å². The number of aryl methyl sites for hydroxylation is 2. The second kappa shape index (κ2) is 6.26. The first kappa shape index (κ1) is 17.3. The van der Waals surface area contributed by atoms with E-state index in [1.54, 1.807) is 19.3 Å². The third-order valence-electron chi connectivity index (χ3n) is 5.36. The molecule has 0 radical (unpaired) electrons. The van der Waals surface area contributed by atoms with Crippen LogP contribution < -0.4 is 5.63 Å². The zero-order valence-electron chi connectivity index (χ0n) is 15.1. The number of furan rings is 1. The predicted molar refractivity (Wildman–Crippen MR) is 97.8 cm³/mol. The Hall–Kier alpha value is -3.09. The summed E-state index contributed by atoms with van der Waals surface area (Å²) in [5, 5.41) is 10.9. The molecule has 7 nitrogen and oxygen atoms in total. The Kier molecular flexibility index (Phi) is 4.02. The fraction of sp³-hybridized carbons (Fsp3) is 0.350. The molecule has 0 saturated carbocycles. The number of nitrogens with zero attached hydrogens (tertiary/aromatic N) is 1. The maximum atomic E-state index is 12.7. The number of carbonyl (C=O) groups is 2. The first-order valence-corrected chi connectivity index (χ1v) is 8.83. The van der Waals surface area contributed by atoms with Crippen molar-refractivity contribution in [2.75, 3.05) is 6.54 Å². The third-order valence-corrected chi connectivity index (χ3v) is 5.36. The normalized spacial score (nSPS) is 17.1. The molecule has 1 atom stereocenters. The summed E-state index contributed by atoms with van der Waals surface area (Å²) in [4.78, 5) is 37.8. The van der Waals surface area contributed by atoms with Gasteiger partial charge in [0.05, 0.1) is 18.2 Å². The first-order chi connectivity index (χ1) is 12.9. The number of carbonyl (C=O) groups excluding carboxylic acids is 1. The van der Waals surface area contributed by atoms with Gasteiger partial charge in [-0.2, -0.15) is 0 Å². The second-order valence-corrected chi connectivity index (χ2v) is 7.02. The summed E-state index contributed by atoms with van der Waals surface area (Å²) in [6.45, 7) is 4.10. The van der Waals surface area contributed by atoms with Crippen molar-refractivity contribution >= 4 is 33.8 Å². The van der Waals surface area contributed by atoms with Crippen LogP contribution in [0.2, 0.25) is 0 Å². The van der Waals surface area contributed by atoms with Gasteiger partial charge in [-0.15, -0.1) is 0 Å². The van der Waals surface area contributed by atoms with Crippen LogP contribution in [0, 0.1) is 13.8 Å². The number of likely N-dealkylation sites (tertiary alicyclic amines) is 1. The lowest BCUT2D eigenvalue weighted by molar-refractivity contribution is -0.148. The number of fused-ring (bicyclic) bond motifs is 2. The van der Waals surface area contributed by atoms with Gasteiger partial charge in [0.25, 0.3) is 0 Å². The molecule has 7 heteroatoms. The molecule has 2 aromatic heterocycles. The zero-order chi connectivity index (χ0) is 19.3. The molecule has 3 heterocycles. The van der Waals surface area contributed by atoms with E-state index in [0.717, 1.165) is 16.3 Å². The molecular formula is C20H19NO6. The number of hydrogen-bond acceptors (Lipinski definition) is 5. The molecule has 1 aliphatic heterocycles. The summed E-state index contributed by atoms with van der Waals surface area (Å²) >= 11 is 0. The molecule has 1 aliphatic rings. The van der Waals surface area contributed by atoms with Crippen molar-refractivity contribution in [2.24, 2.45) is 0 Å². The van der Waals surface area contributed by atoms with Crippen molar-refractivity contribution in [3.05, 3.63) is 45.5 Å². The standard InChI is InChI=1S/C20H19NO6/c1-10-9-26-16-8-17-13(6-12(10)16)11(2)14(20(25)27-17)7-18(22)21-5-3-4-15(21)19(23)24/h6,8-9,15H,3-5,7H2,1-2H3,(H,23,24). The monoisotopic (exact) mass is 369 g/mol. The van der Waals surface area contributed by atoms with Crippen LogP contribution in [0.25, 0.3) is 21.9 Å². The van der Waals surface area contributed by atoms with Crippen molar-refractivity contribution < 1.29 is 23.5 Å². The van der Waals surface area contributed by atoms with Crippen molar-refractivity contribution in [3.8, 4) is 0 Å². The lowest BCUT2D eigenvalue weighted by Crippen LogP contribution is -2.41. The highest BCUT2D eigenvalue weighted by molar-refractivity contribution is 5.96. The van der Waals surface area contributed by atoms with E-state index in [0.29, 0.717) is 36.1 Å². The van der Waals surface area contributed by atoms with Gasteiger partial charge in [0, 0.05) is 23.4 Å². The molecule has 4 rings (SSSR count). The predicted octanol–water partition coefficient (Wildman–Crippen LogP) is 2.77. The first-order valence-electron chi connectivity index (χ1n) is 8.83. The number of aliphatic carboxylic acids is 1. The molecule has 27 heavy (non-hydrogen) atoms. The van der Waals surface area contributed by atoms with Gasteiger partial charge in [0.2, 0.25) is 5.91 Å². The lowest BCUT2D eigenvalue weighted by Gasteiger charge is -2.21. The van der Waals surface area contributed by atoms with E-state index in [9.17, 15) is 19.5 Å². The molecule has 1 N–H and O–H groups in total. The highest BCUT2D eigenvalue weighted by atomic mass is 16.4. The molecule has 0 aliphatic carbocycles. The molecule has 0 spiro atoms. The maximum absolute atomic E-state index is 12.7. The van der Waals surface area contributed by atoms with Crippen LogP contribution in [0.15, 0.2) is 32.0 Å². The van der Waals surface area contributed by atoms with Gasteiger partial charge in [-0.05, 0) is 43.9 Å². The lowest BCUT2D eigenvalue weighted by atomic mass is 10.0. The van der Waals surface area contributed by atoms with Gasteiger partial charge in [-0.25, -0.2) is 9.59 Å². The average molecular weight is 369 g/mol. The van der Waals surface area contributed by atoms with E-state index in [2.05, 4.69) is 0 Å². The van der Waals surface area contributed by atoms with E-state index in [1.807, 2.05) is 13.0 Å². The highest BCUT2D eigenvalue weighted by Crippen LogP contribution is 2.29. The van der Waals surface area contributed by atoms with Crippen molar-refractivity contribution in [2.45, 2.75) is 39.2 Å². The van der Waals surface area contributed by atoms with Gasteiger partial charge in [0.1, 0.15) is 17.2 Å². The van der Waals surface area contributed by atoms with Crippen LogP contribution in [-0.2, 0) is 16.0 Å². The number of hydrogen-bond donors (Lipinski definition) is 1. The Bertz CT molecular complexity index is 1140. The fourth-order valence-corrected chi connectivity index (χ4v) is 3.82. The minimum atomic E-state index is -1.01. The smallest absolute Gasteiger partial charge is 0.340 e. The maximum Gasteiger partial charge on any atom is 0.340 e. The summed E-state index contributed by atoms with van der Waals surface area (Å²) < 4.78 is 10.9. The third kappa shape index (κ3) is 2.79. The van der Waals surface area contributed by atoms with Crippen molar-refractivity contribution in [1.82, 2.24) is 4.90 Å². The average Bonchev–Trinajstić information content (AvgIpc) is 3.25. The van der Waals surface area contributed by atoms with Crippen LogP contribution in [0.5, 0.6) is 0 Å². The number of carboxylic acids is 1. The van der Waals surface area contributed by atoms with Gasteiger partial charge in [0.15, 0.2) is 0 Å². The van der Waals surface area contributed by atoms with Crippen LogP contribution in [0.3, 0.4) is 0 Å². The minimum absolute atomic E-state index is 0.170. The van der Waals surface area contributed by atoms with Crippen molar-refractivity contribution in [1.29, 1.82) is 0 Å². The van der Waals surface area contributed by atoms with Gasteiger partial charge in [-0.1, -0.05) is 0 Å². The van der Waals surface area contributed by atoms with E-state index in [1.165, 1.54) is 4.90 Å². The van der Waals surface area contributed by atoms with Gasteiger partial charge < -0.3 is 18.8 Å². The molecule has 1 fully saturated rings. The van der Waals surface area contributed by atoms with Crippen LogP contribution in [0.1, 0.15) is 29.5 Å². The molecule has 3 aromatic rings. The Labute approximate surface area is 154 Å². The Balaban J connectivity index is 1.76. The Morgan fingerprint density at radius 2 is 2.00 bits per heavy atom. The molecular weight excluding hydrogens is 350 g/mol. The number of carboxylic acid groups (broad SMARTS) is 1. The van der Waals surface area contributed by atoms with Crippen LogP contribution in [-0.4, -0.2) is 34.5 Å². The molecule has 140 valence electrons. The SMILES string of the molecule is Cc1coc2cc3oc(=O)c(CC(=O)N4CCCC4C(=O)O)c(C)c3cc12. The summed E-state index contributed by atoms with van der Waals surface area (Å²) in [5.41, 5.74) is 2.36. The van der Waals surface area contributed by atoms with Gasteiger partial charge >= 0.3 is 11.6 Å². The highest BCUT2D eigenvalue weighted by Gasteiger charge is 2.34. The fourth-order valence-electron chi connectivity index (χ4n) is 3.82. The molecule has 0 bridgehead atoms. The van der Waals surface area contributed by atoms with E-state index >= 15 is 0 Å². The van der Waals surface area contributed by atoms with E-state index in [-0.39, 0.29) is 17.9 Å². The Morgan fingerprint density at radius 1 is 1.22 bits per heavy atom. The number of rotatable bonds is 3. The zero-order valence-corrected chi connectivity index (χ0v) is 15.1. The second-order valence-electron chi connectivity index (χ2n) is 7.02. The number of amides is 1. The molecule has 1 aromatic carbocycles. The summed E-state index contributed by atoms with van der Waals surface area (Å²) in [6, 6.07) is 2.75. The molecule has 1 unspecified atom stereocenters. The van der Waals surface area contributed by atoms with Crippen LogP contribution in [0.4, 0.5) is 0 Å². The minimum Gasteiger partial charge on any atom is -0.480 e. The number of benzene rings is 1. The van der Waals surface area contributed by atoms with Crippen LogP contribution >= 0.6 is 0 Å². The molecule has 1 amide bonds. The summed E-state index contributed by atoms with van der Waals surface area (Å²) in [7, 11) is 0. The quantitative estimate of drug-likeness (QED) is 0.713. The van der Waals surface area contributed by atoms with Gasteiger partial charge in [-0.3, -0.25) is 4.79 Å². The Morgan fingerprint density at radius 3 is 2.74 bits per heavy atom. The summed E-state index contributed by atoms with van der Waals surface area (Å²) in [5.74, 6) is -1.38.